The van der Waals surface area contributed by atoms with Crippen molar-refractivity contribution in [1.29, 1.82) is 0 Å². The van der Waals surface area contributed by atoms with Gasteiger partial charge in [0.25, 0.3) is 6.47 Å². The molecular formula is C20H24N6O5S. The number of aryl methyl sites for hydroxylation is 2. The standard InChI is InChI=1S/C19H22N6O3S.CH2O2/c1-13-18(23-12-22-13)19-21-8-9-25(19)16-11-29(27,28)10-15(16)24-17(26)3-2-14-4-6-20-7-5-14;2-1-3/h4-9,12,15-16H,2-3,10-11H2,1H3,(H,22,23)(H,24,26);1H,(H,2,3)/t15-,16-;/m1./s1. The Labute approximate surface area is 184 Å². The Morgan fingerprint density at radius 1 is 1.28 bits per heavy atom. The van der Waals surface area contributed by atoms with E-state index in [1.165, 1.54) is 0 Å². The molecule has 0 aromatic carbocycles. The van der Waals surface area contributed by atoms with Crippen molar-refractivity contribution >= 4 is 22.2 Å². The molecular weight excluding hydrogens is 436 g/mol. The Bertz CT molecular complexity index is 1160. The third-order valence-corrected chi connectivity index (χ3v) is 6.84. The predicted octanol–water partition coefficient (Wildman–Crippen LogP) is 0.765. The van der Waals surface area contributed by atoms with Crippen LogP contribution in [0.2, 0.25) is 0 Å². The van der Waals surface area contributed by atoms with E-state index in [1.807, 2.05) is 23.6 Å². The van der Waals surface area contributed by atoms with Crippen molar-refractivity contribution < 1.29 is 23.1 Å². The Balaban J connectivity index is 0.000000913. The van der Waals surface area contributed by atoms with Crippen molar-refractivity contribution in [3.63, 3.8) is 0 Å². The third-order valence-electron chi connectivity index (χ3n) is 5.13. The van der Waals surface area contributed by atoms with Gasteiger partial charge < -0.3 is 20.0 Å². The number of hydrogen-bond donors (Lipinski definition) is 3. The molecule has 1 aliphatic rings. The molecule has 0 spiro atoms. The zero-order valence-corrected chi connectivity index (χ0v) is 18.2. The normalized spacial score (nSPS) is 19.0. The van der Waals surface area contributed by atoms with Gasteiger partial charge in [0.15, 0.2) is 15.7 Å². The van der Waals surface area contributed by atoms with E-state index in [2.05, 4.69) is 25.3 Å². The van der Waals surface area contributed by atoms with Crippen LogP contribution in [0.1, 0.15) is 23.7 Å². The smallest absolute Gasteiger partial charge is 0.290 e. The highest BCUT2D eigenvalue weighted by atomic mass is 32.2. The lowest BCUT2D eigenvalue weighted by molar-refractivity contribution is -0.123. The number of nitrogens with zero attached hydrogens (tertiary/aromatic N) is 4. The number of carbonyl (C=O) groups is 2. The molecule has 3 N–H and O–H groups in total. The quantitative estimate of drug-likeness (QED) is 0.455. The maximum Gasteiger partial charge on any atom is 0.290 e. The Morgan fingerprint density at radius 3 is 2.66 bits per heavy atom. The SMILES string of the molecule is Cc1[nH]cnc1-c1nccn1[C@@H]1CS(=O)(=O)C[C@H]1NC(=O)CCc1ccncc1.O=CO. The van der Waals surface area contributed by atoms with Gasteiger partial charge in [-0.1, -0.05) is 0 Å². The van der Waals surface area contributed by atoms with Gasteiger partial charge in [-0.15, -0.1) is 0 Å². The zero-order valence-electron chi connectivity index (χ0n) is 17.4. The summed E-state index contributed by atoms with van der Waals surface area (Å²) in [5, 5.41) is 9.81. The maximum absolute atomic E-state index is 12.5. The fourth-order valence-corrected chi connectivity index (χ4v) is 5.58. The molecule has 1 saturated heterocycles. The molecule has 4 rings (SSSR count). The summed E-state index contributed by atoms with van der Waals surface area (Å²) >= 11 is 0. The molecule has 170 valence electrons. The number of H-pyrrole nitrogens is 1. The highest BCUT2D eigenvalue weighted by molar-refractivity contribution is 7.91. The van der Waals surface area contributed by atoms with Crippen LogP contribution in [-0.2, 0) is 25.8 Å². The van der Waals surface area contributed by atoms with E-state index >= 15 is 0 Å². The van der Waals surface area contributed by atoms with Gasteiger partial charge in [0, 0.05) is 36.9 Å². The van der Waals surface area contributed by atoms with E-state index in [-0.39, 0.29) is 30.3 Å². The van der Waals surface area contributed by atoms with Crippen LogP contribution in [0.25, 0.3) is 11.5 Å². The number of nitrogens with one attached hydrogen (secondary N) is 2. The highest BCUT2D eigenvalue weighted by Crippen LogP contribution is 2.29. The van der Waals surface area contributed by atoms with E-state index in [1.54, 1.807) is 31.1 Å². The molecule has 3 aromatic heterocycles. The molecule has 0 aliphatic carbocycles. The number of hydrogen-bond acceptors (Lipinski definition) is 7. The summed E-state index contributed by atoms with van der Waals surface area (Å²) in [5.74, 6) is 0.277. The minimum atomic E-state index is -3.28. The first-order chi connectivity index (χ1) is 15.3. The lowest BCUT2D eigenvalue weighted by atomic mass is 10.1. The van der Waals surface area contributed by atoms with Crippen LogP contribution >= 0.6 is 0 Å². The fraction of sp³-hybridized carbons (Fsp3) is 0.350. The lowest BCUT2D eigenvalue weighted by Gasteiger charge is -2.22. The van der Waals surface area contributed by atoms with Crippen molar-refractivity contribution in [3.8, 4) is 11.5 Å². The molecule has 12 heteroatoms. The van der Waals surface area contributed by atoms with E-state index < -0.39 is 21.9 Å². The summed E-state index contributed by atoms with van der Waals surface area (Å²) in [4.78, 5) is 36.5. The van der Waals surface area contributed by atoms with Crippen LogP contribution in [0.4, 0.5) is 0 Å². The van der Waals surface area contributed by atoms with Gasteiger partial charge in [0.05, 0.1) is 29.9 Å². The number of sulfone groups is 1. The number of rotatable bonds is 6. The first-order valence-corrected chi connectivity index (χ1v) is 11.7. The van der Waals surface area contributed by atoms with Crippen LogP contribution in [0.15, 0.2) is 43.2 Å². The minimum Gasteiger partial charge on any atom is -0.483 e. The predicted molar refractivity (Wildman–Crippen MR) is 115 cm³/mol. The molecule has 3 aromatic rings. The number of imidazole rings is 2. The second-order valence-corrected chi connectivity index (χ2v) is 9.47. The molecule has 0 unspecified atom stereocenters. The minimum absolute atomic E-state index is 0.0465. The average Bonchev–Trinajstić information content (AvgIpc) is 3.46. The number of amides is 1. The van der Waals surface area contributed by atoms with Crippen LogP contribution in [0, 0.1) is 6.92 Å². The van der Waals surface area contributed by atoms with Gasteiger partial charge in [0.1, 0.15) is 5.69 Å². The van der Waals surface area contributed by atoms with Gasteiger partial charge in [-0.3, -0.25) is 14.6 Å². The largest absolute Gasteiger partial charge is 0.483 e. The Hall–Kier alpha value is -3.54. The molecule has 1 amide bonds. The number of carbonyl (C=O) groups excluding carboxylic acids is 1. The zero-order chi connectivity index (χ0) is 23.1. The monoisotopic (exact) mass is 460 g/mol. The van der Waals surface area contributed by atoms with Crippen molar-refractivity contribution in [3.05, 3.63) is 54.5 Å². The topological polar surface area (TPSA) is 160 Å². The molecule has 1 fully saturated rings. The lowest BCUT2D eigenvalue weighted by Crippen LogP contribution is -2.41. The van der Waals surface area contributed by atoms with Crippen molar-refractivity contribution in [2.75, 3.05) is 11.5 Å². The Kier molecular flexibility index (Phi) is 7.36. The summed E-state index contributed by atoms with van der Waals surface area (Å²) in [5.41, 5.74) is 2.52. The molecule has 32 heavy (non-hydrogen) atoms. The molecule has 0 saturated carbocycles. The first kappa shape index (κ1) is 23.1. The van der Waals surface area contributed by atoms with E-state index in [9.17, 15) is 13.2 Å². The van der Waals surface area contributed by atoms with Crippen LogP contribution in [0.5, 0.6) is 0 Å². The summed E-state index contributed by atoms with van der Waals surface area (Å²) in [7, 11) is -3.28. The van der Waals surface area contributed by atoms with Gasteiger partial charge in [-0.2, -0.15) is 0 Å². The second-order valence-electron chi connectivity index (χ2n) is 7.31. The third kappa shape index (κ3) is 5.58. The second kappa shape index (κ2) is 10.2. The summed E-state index contributed by atoms with van der Waals surface area (Å²) in [6, 6.07) is 2.77. The van der Waals surface area contributed by atoms with E-state index in [0.29, 0.717) is 17.9 Å². The number of aromatic nitrogens is 5. The first-order valence-electron chi connectivity index (χ1n) is 9.84. The fourth-order valence-electron chi connectivity index (χ4n) is 3.68. The molecule has 2 atom stereocenters. The summed E-state index contributed by atoms with van der Waals surface area (Å²) < 4.78 is 26.5. The molecule has 0 bridgehead atoms. The Morgan fingerprint density at radius 2 is 2.00 bits per heavy atom. The maximum atomic E-state index is 12.5. The van der Waals surface area contributed by atoms with Gasteiger partial charge in [-0.05, 0) is 31.0 Å². The van der Waals surface area contributed by atoms with Gasteiger partial charge >= 0.3 is 0 Å². The van der Waals surface area contributed by atoms with Crippen LogP contribution in [-0.4, -0.2) is 68.0 Å². The summed E-state index contributed by atoms with van der Waals surface area (Å²) in [6.07, 6.45) is 9.16. The van der Waals surface area contributed by atoms with Crippen molar-refractivity contribution in [2.45, 2.75) is 31.8 Å². The average molecular weight is 461 g/mol. The van der Waals surface area contributed by atoms with Crippen molar-refractivity contribution in [1.82, 2.24) is 29.8 Å². The number of pyridine rings is 1. The molecule has 4 heterocycles. The van der Waals surface area contributed by atoms with Crippen LogP contribution in [0.3, 0.4) is 0 Å². The number of carboxylic acid groups (broad SMARTS) is 1. The molecule has 0 radical (unpaired) electrons. The highest BCUT2D eigenvalue weighted by Gasteiger charge is 2.40. The van der Waals surface area contributed by atoms with Gasteiger partial charge in [0.2, 0.25) is 5.91 Å². The number of aromatic amines is 1. The summed E-state index contributed by atoms with van der Waals surface area (Å²) in [6.45, 7) is 1.63. The van der Waals surface area contributed by atoms with Crippen LogP contribution < -0.4 is 5.32 Å². The van der Waals surface area contributed by atoms with Crippen molar-refractivity contribution in [2.24, 2.45) is 0 Å². The molecule has 11 nitrogen and oxygen atoms in total. The van der Waals surface area contributed by atoms with E-state index in [0.717, 1.165) is 11.3 Å². The molecule has 1 aliphatic heterocycles. The van der Waals surface area contributed by atoms with Gasteiger partial charge in [-0.25, -0.2) is 18.4 Å². The van der Waals surface area contributed by atoms with E-state index in [4.69, 9.17) is 9.90 Å².